The number of nitrogens with zero attached hydrogens (tertiary/aromatic N) is 3. The molecule has 0 saturated carbocycles. The van der Waals surface area contributed by atoms with E-state index in [9.17, 15) is 5.11 Å². The number of rotatable bonds is 7. The fourth-order valence-electron chi connectivity index (χ4n) is 5.45. The molecule has 1 fully saturated rings. The summed E-state index contributed by atoms with van der Waals surface area (Å²) >= 11 is 0. The lowest BCUT2D eigenvalue weighted by molar-refractivity contribution is 0.0415. The Labute approximate surface area is 198 Å². The first-order chi connectivity index (χ1) is 16.3. The highest BCUT2D eigenvalue weighted by atomic mass is 16.3. The summed E-state index contributed by atoms with van der Waals surface area (Å²) < 4.78 is 0. The van der Waals surface area contributed by atoms with Crippen molar-refractivity contribution in [3.63, 3.8) is 0 Å². The summed E-state index contributed by atoms with van der Waals surface area (Å²) in [5.41, 5.74) is 5.58. The minimum atomic E-state index is -0.305. The fourth-order valence-corrected chi connectivity index (χ4v) is 5.45. The predicted octanol–water partition coefficient (Wildman–Crippen LogP) is 3.81. The van der Waals surface area contributed by atoms with E-state index in [0.717, 1.165) is 58.8 Å². The number of hydrogen-bond acceptors (Lipinski definition) is 4. The lowest BCUT2D eigenvalue weighted by Crippen LogP contribution is -2.51. The normalized spacial score (nSPS) is 18.8. The molecule has 0 aromatic heterocycles. The van der Waals surface area contributed by atoms with Crippen LogP contribution in [0.2, 0.25) is 0 Å². The predicted molar refractivity (Wildman–Crippen MR) is 134 cm³/mol. The summed E-state index contributed by atoms with van der Waals surface area (Å²) in [6.45, 7) is 7.52. The van der Waals surface area contributed by atoms with E-state index in [1.54, 1.807) is 0 Å². The van der Waals surface area contributed by atoms with Crippen molar-refractivity contribution in [2.75, 3.05) is 45.8 Å². The van der Waals surface area contributed by atoms with E-state index in [0.29, 0.717) is 0 Å². The number of β-amino-alcohol motifs (C(OH)–C–C–N with tert-alkyl or cyclic N) is 1. The van der Waals surface area contributed by atoms with E-state index in [1.807, 2.05) is 0 Å². The van der Waals surface area contributed by atoms with E-state index in [1.165, 1.54) is 22.3 Å². The highest BCUT2D eigenvalue weighted by Gasteiger charge is 2.27. The van der Waals surface area contributed by atoms with Crippen molar-refractivity contribution < 1.29 is 5.11 Å². The van der Waals surface area contributed by atoms with Crippen LogP contribution in [0.3, 0.4) is 0 Å². The van der Waals surface area contributed by atoms with E-state index >= 15 is 0 Å². The van der Waals surface area contributed by atoms with Crippen LogP contribution < -0.4 is 0 Å². The highest BCUT2D eigenvalue weighted by Crippen LogP contribution is 2.29. The third-order valence-corrected chi connectivity index (χ3v) is 7.15. The molecule has 0 spiro atoms. The smallest absolute Gasteiger partial charge is 0.0793 e. The molecule has 172 valence electrons. The molecule has 1 unspecified atom stereocenters. The number of fused-ring (bicyclic) bond motifs is 1. The average Bonchev–Trinajstić information content (AvgIpc) is 2.86. The van der Waals surface area contributed by atoms with Gasteiger partial charge in [0.15, 0.2) is 0 Å². The molecule has 5 rings (SSSR count). The molecule has 1 saturated heterocycles. The minimum absolute atomic E-state index is 0.285. The first-order valence-electron chi connectivity index (χ1n) is 12.3. The molecule has 1 atom stereocenters. The number of aliphatic hydroxyl groups excluding tert-OH is 1. The average molecular weight is 442 g/mol. The third kappa shape index (κ3) is 5.53. The largest absolute Gasteiger partial charge is 0.390 e. The van der Waals surface area contributed by atoms with Gasteiger partial charge >= 0.3 is 0 Å². The van der Waals surface area contributed by atoms with Gasteiger partial charge in [-0.15, -0.1) is 0 Å². The van der Waals surface area contributed by atoms with Crippen molar-refractivity contribution in [2.24, 2.45) is 0 Å². The first-order valence-corrected chi connectivity index (χ1v) is 12.3. The number of benzene rings is 3. The van der Waals surface area contributed by atoms with Crippen LogP contribution in [0.1, 0.15) is 28.3 Å². The van der Waals surface area contributed by atoms with Crippen LogP contribution in [0.25, 0.3) is 0 Å². The van der Waals surface area contributed by atoms with Crippen LogP contribution in [0, 0.1) is 0 Å². The van der Waals surface area contributed by atoms with Gasteiger partial charge in [0.05, 0.1) is 12.1 Å². The van der Waals surface area contributed by atoms with Gasteiger partial charge in [-0.25, -0.2) is 0 Å². The van der Waals surface area contributed by atoms with Crippen LogP contribution in [-0.4, -0.2) is 71.7 Å². The van der Waals surface area contributed by atoms with Gasteiger partial charge in [0.25, 0.3) is 0 Å². The summed E-state index contributed by atoms with van der Waals surface area (Å²) in [4.78, 5) is 7.44. The molecule has 0 aliphatic carbocycles. The Balaban J connectivity index is 1.16. The Hall–Kier alpha value is -2.50. The van der Waals surface area contributed by atoms with E-state index in [4.69, 9.17) is 0 Å². The molecular formula is C29H35N3O. The molecule has 2 heterocycles. The number of aliphatic hydroxyl groups is 1. The Morgan fingerprint density at radius 1 is 0.606 bits per heavy atom. The van der Waals surface area contributed by atoms with Crippen LogP contribution in [0.15, 0.2) is 84.9 Å². The molecule has 4 heteroatoms. The molecule has 0 bridgehead atoms. The van der Waals surface area contributed by atoms with E-state index in [2.05, 4.69) is 99.6 Å². The summed E-state index contributed by atoms with van der Waals surface area (Å²) in [6, 6.07) is 30.7. The molecular weight excluding hydrogens is 406 g/mol. The summed E-state index contributed by atoms with van der Waals surface area (Å²) in [7, 11) is 0. The van der Waals surface area contributed by atoms with Crippen molar-refractivity contribution in [3.05, 3.63) is 107 Å². The lowest BCUT2D eigenvalue weighted by Gasteiger charge is -2.40. The Morgan fingerprint density at radius 2 is 1.15 bits per heavy atom. The van der Waals surface area contributed by atoms with Crippen LogP contribution in [0.4, 0.5) is 0 Å². The maximum Gasteiger partial charge on any atom is 0.0793 e. The van der Waals surface area contributed by atoms with Crippen LogP contribution in [0.5, 0.6) is 0 Å². The van der Waals surface area contributed by atoms with Gasteiger partial charge in [-0.05, 0) is 28.7 Å². The van der Waals surface area contributed by atoms with Gasteiger partial charge in [0, 0.05) is 52.4 Å². The lowest BCUT2D eigenvalue weighted by atomic mass is 9.96. The van der Waals surface area contributed by atoms with Crippen molar-refractivity contribution in [1.82, 2.24) is 14.7 Å². The molecule has 3 aromatic rings. The summed E-state index contributed by atoms with van der Waals surface area (Å²) in [5, 5.41) is 10.8. The summed E-state index contributed by atoms with van der Waals surface area (Å²) in [6.07, 6.45) is 0.780. The van der Waals surface area contributed by atoms with E-state index < -0.39 is 0 Å². The zero-order valence-corrected chi connectivity index (χ0v) is 19.4. The maximum absolute atomic E-state index is 10.8. The van der Waals surface area contributed by atoms with Crippen molar-refractivity contribution in [1.29, 1.82) is 0 Å². The van der Waals surface area contributed by atoms with Gasteiger partial charge in [-0.3, -0.25) is 14.7 Å². The zero-order valence-electron chi connectivity index (χ0n) is 19.4. The first kappa shape index (κ1) is 22.3. The fraction of sp³-hybridized carbons (Fsp3) is 0.379. The second kappa shape index (κ2) is 10.6. The molecule has 1 N–H and O–H groups in total. The topological polar surface area (TPSA) is 30.0 Å². The van der Waals surface area contributed by atoms with Gasteiger partial charge in [-0.2, -0.15) is 0 Å². The van der Waals surface area contributed by atoms with Crippen LogP contribution >= 0.6 is 0 Å². The standard InChI is InChI=1S/C29H35N3O/c33-28(23-31-16-15-24-9-7-8-14-27(24)21-31)22-30-17-19-32(20-18-30)29(25-10-3-1-4-11-25)26-12-5-2-6-13-26/h1-14,28-29,33H,15-23H2. The number of piperazine rings is 1. The molecule has 0 amide bonds. The molecule has 4 nitrogen and oxygen atoms in total. The van der Waals surface area contributed by atoms with E-state index in [-0.39, 0.29) is 12.1 Å². The van der Waals surface area contributed by atoms with Gasteiger partial charge in [-0.1, -0.05) is 84.9 Å². The van der Waals surface area contributed by atoms with Crippen molar-refractivity contribution >= 4 is 0 Å². The quantitative estimate of drug-likeness (QED) is 0.604. The third-order valence-electron chi connectivity index (χ3n) is 7.15. The Kier molecular flexibility index (Phi) is 7.18. The molecule has 0 radical (unpaired) electrons. The van der Waals surface area contributed by atoms with Gasteiger partial charge in [0.2, 0.25) is 0 Å². The van der Waals surface area contributed by atoms with Crippen molar-refractivity contribution in [2.45, 2.75) is 25.1 Å². The SMILES string of the molecule is OC(CN1CCN(C(c2ccccc2)c2ccccc2)CC1)CN1CCc2ccccc2C1. The molecule has 33 heavy (non-hydrogen) atoms. The molecule has 2 aliphatic rings. The molecule has 3 aromatic carbocycles. The number of hydrogen-bond donors (Lipinski definition) is 1. The maximum atomic E-state index is 10.8. The second-order valence-electron chi connectivity index (χ2n) is 9.47. The molecule has 2 aliphatic heterocycles. The van der Waals surface area contributed by atoms with Gasteiger partial charge < -0.3 is 5.11 Å². The van der Waals surface area contributed by atoms with Gasteiger partial charge in [0.1, 0.15) is 0 Å². The van der Waals surface area contributed by atoms with Crippen LogP contribution in [-0.2, 0) is 13.0 Å². The minimum Gasteiger partial charge on any atom is -0.390 e. The second-order valence-corrected chi connectivity index (χ2v) is 9.47. The van der Waals surface area contributed by atoms with Crippen molar-refractivity contribution in [3.8, 4) is 0 Å². The Bertz CT molecular complexity index is 962. The monoisotopic (exact) mass is 441 g/mol. The summed E-state index contributed by atoms with van der Waals surface area (Å²) in [5.74, 6) is 0. The Morgan fingerprint density at radius 3 is 1.79 bits per heavy atom. The highest BCUT2D eigenvalue weighted by molar-refractivity contribution is 5.32. The zero-order chi connectivity index (χ0) is 22.5.